The number of furan rings is 1. The second-order valence-electron chi connectivity index (χ2n) is 6.25. The molecule has 126 valence electrons. The molecule has 5 heteroatoms. The molecule has 0 atom stereocenters. The van der Waals surface area contributed by atoms with Gasteiger partial charge in [0, 0.05) is 10.9 Å². The number of imidazole rings is 1. The lowest BCUT2D eigenvalue weighted by Gasteiger charge is -2.03. The predicted molar refractivity (Wildman–Crippen MR) is 102 cm³/mol. The third kappa shape index (κ3) is 2.41. The van der Waals surface area contributed by atoms with Gasteiger partial charge in [-0.1, -0.05) is 42.5 Å². The van der Waals surface area contributed by atoms with Crippen molar-refractivity contribution in [3.63, 3.8) is 0 Å². The van der Waals surface area contributed by atoms with Crippen molar-refractivity contribution in [1.82, 2.24) is 9.97 Å². The minimum absolute atomic E-state index is 0.139. The molecule has 2 N–H and O–H groups in total. The summed E-state index contributed by atoms with van der Waals surface area (Å²) in [6.07, 6.45) is 1.88. The monoisotopic (exact) mass is 341 g/mol. The van der Waals surface area contributed by atoms with Crippen LogP contribution in [0.5, 0.6) is 0 Å². The van der Waals surface area contributed by atoms with E-state index in [4.69, 9.17) is 4.42 Å². The maximum Gasteiger partial charge on any atom is 0.231 e. The smallest absolute Gasteiger partial charge is 0.231 e. The van der Waals surface area contributed by atoms with Gasteiger partial charge >= 0.3 is 0 Å². The fraction of sp³-hybridized carbons (Fsp3) is 0.0476. The number of hydrogen-bond donors (Lipinski definition) is 2. The first-order chi connectivity index (χ1) is 12.8. The minimum Gasteiger partial charge on any atom is -0.464 e. The molecular formula is C21H15N3O2. The van der Waals surface area contributed by atoms with E-state index < -0.39 is 0 Å². The number of hydrogen-bond acceptors (Lipinski definition) is 3. The summed E-state index contributed by atoms with van der Waals surface area (Å²) in [6.45, 7) is 0. The van der Waals surface area contributed by atoms with Gasteiger partial charge in [0.15, 0.2) is 0 Å². The SMILES string of the molecule is O=C(Cc1coc2ccc3ccccc3c12)Nc1nc2ccccc2[nH]1. The van der Waals surface area contributed by atoms with Gasteiger partial charge in [0.25, 0.3) is 0 Å². The third-order valence-corrected chi connectivity index (χ3v) is 4.54. The third-order valence-electron chi connectivity index (χ3n) is 4.54. The molecule has 26 heavy (non-hydrogen) atoms. The Morgan fingerprint density at radius 2 is 1.88 bits per heavy atom. The van der Waals surface area contributed by atoms with Gasteiger partial charge in [-0.05, 0) is 29.0 Å². The molecule has 0 spiro atoms. The molecule has 3 aromatic carbocycles. The topological polar surface area (TPSA) is 70.9 Å². The number of carbonyl (C=O) groups excluding carboxylic acids is 1. The van der Waals surface area contributed by atoms with Crippen LogP contribution in [-0.2, 0) is 11.2 Å². The molecule has 0 fully saturated rings. The van der Waals surface area contributed by atoms with Crippen molar-refractivity contribution in [2.75, 3.05) is 5.32 Å². The van der Waals surface area contributed by atoms with Gasteiger partial charge < -0.3 is 9.40 Å². The molecule has 5 nitrogen and oxygen atoms in total. The van der Waals surface area contributed by atoms with E-state index in [0.717, 1.165) is 38.3 Å². The zero-order valence-corrected chi connectivity index (χ0v) is 13.8. The molecule has 0 saturated heterocycles. The van der Waals surface area contributed by atoms with Crippen molar-refractivity contribution in [1.29, 1.82) is 0 Å². The zero-order valence-electron chi connectivity index (χ0n) is 13.8. The van der Waals surface area contributed by atoms with Crippen molar-refractivity contribution < 1.29 is 9.21 Å². The van der Waals surface area contributed by atoms with E-state index in [1.165, 1.54) is 0 Å². The largest absolute Gasteiger partial charge is 0.464 e. The Balaban J connectivity index is 1.47. The molecule has 0 unspecified atom stereocenters. The van der Waals surface area contributed by atoms with Gasteiger partial charge in [-0.2, -0.15) is 0 Å². The van der Waals surface area contributed by atoms with Crippen molar-refractivity contribution in [3.8, 4) is 0 Å². The number of aromatic amines is 1. The number of nitrogens with one attached hydrogen (secondary N) is 2. The Morgan fingerprint density at radius 3 is 2.81 bits per heavy atom. The lowest BCUT2D eigenvalue weighted by molar-refractivity contribution is -0.115. The summed E-state index contributed by atoms with van der Waals surface area (Å²) in [7, 11) is 0. The fourth-order valence-corrected chi connectivity index (χ4v) is 3.37. The number of nitrogens with zero attached hydrogens (tertiary/aromatic N) is 1. The van der Waals surface area contributed by atoms with Crippen molar-refractivity contribution in [3.05, 3.63) is 72.5 Å². The van der Waals surface area contributed by atoms with Gasteiger partial charge in [0.05, 0.1) is 23.7 Å². The number of amides is 1. The van der Waals surface area contributed by atoms with Gasteiger partial charge in [0.1, 0.15) is 5.58 Å². The van der Waals surface area contributed by atoms with E-state index in [-0.39, 0.29) is 12.3 Å². The number of fused-ring (bicyclic) bond motifs is 4. The van der Waals surface area contributed by atoms with Crippen LogP contribution in [-0.4, -0.2) is 15.9 Å². The highest BCUT2D eigenvalue weighted by Crippen LogP contribution is 2.30. The molecule has 0 bridgehead atoms. The maximum atomic E-state index is 12.5. The summed E-state index contributed by atoms with van der Waals surface area (Å²) in [5.41, 5.74) is 3.37. The van der Waals surface area contributed by atoms with Crippen LogP contribution in [0.15, 0.2) is 71.3 Å². The Kier molecular flexibility index (Phi) is 3.25. The molecule has 5 rings (SSSR count). The number of anilines is 1. The number of aromatic nitrogens is 2. The number of benzene rings is 3. The van der Waals surface area contributed by atoms with Crippen molar-refractivity contribution >= 4 is 44.6 Å². The Morgan fingerprint density at radius 1 is 1.04 bits per heavy atom. The number of H-pyrrole nitrogens is 1. The van der Waals surface area contributed by atoms with E-state index in [1.54, 1.807) is 6.26 Å². The molecule has 0 aliphatic rings. The zero-order chi connectivity index (χ0) is 17.5. The van der Waals surface area contributed by atoms with Crippen molar-refractivity contribution in [2.24, 2.45) is 0 Å². The quantitative estimate of drug-likeness (QED) is 0.502. The molecule has 2 aromatic heterocycles. The minimum atomic E-state index is -0.139. The summed E-state index contributed by atoms with van der Waals surface area (Å²) >= 11 is 0. The Bertz CT molecular complexity index is 1230. The molecule has 2 heterocycles. The molecule has 0 aliphatic heterocycles. The van der Waals surface area contributed by atoms with Gasteiger partial charge in [-0.3, -0.25) is 10.1 Å². The maximum absolute atomic E-state index is 12.5. The van der Waals surface area contributed by atoms with E-state index >= 15 is 0 Å². The molecule has 1 amide bonds. The highest BCUT2D eigenvalue weighted by atomic mass is 16.3. The Hall–Kier alpha value is -3.60. The molecule has 0 aliphatic carbocycles. The summed E-state index contributed by atoms with van der Waals surface area (Å²) in [5, 5.41) is 6.04. The predicted octanol–water partition coefficient (Wildman–Crippen LogP) is 4.64. The lowest BCUT2D eigenvalue weighted by Crippen LogP contribution is -2.15. The molecule has 0 saturated carbocycles. The van der Waals surface area contributed by atoms with E-state index in [9.17, 15) is 4.79 Å². The van der Waals surface area contributed by atoms with Crippen LogP contribution in [0.4, 0.5) is 5.95 Å². The van der Waals surface area contributed by atoms with Gasteiger partial charge in [-0.25, -0.2) is 4.98 Å². The van der Waals surface area contributed by atoms with Gasteiger partial charge in [0.2, 0.25) is 11.9 Å². The van der Waals surface area contributed by atoms with E-state index in [2.05, 4.69) is 21.4 Å². The first kappa shape index (κ1) is 14.7. The first-order valence-electron chi connectivity index (χ1n) is 8.40. The normalized spacial score (nSPS) is 11.4. The van der Waals surface area contributed by atoms with Gasteiger partial charge in [-0.15, -0.1) is 0 Å². The van der Waals surface area contributed by atoms with Crippen LogP contribution in [0.25, 0.3) is 32.8 Å². The van der Waals surface area contributed by atoms with Crippen molar-refractivity contribution in [2.45, 2.75) is 6.42 Å². The highest BCUT2D eigenvalue weighted by Gasteiger charge is 2.14. The van der Waals surface area contributed by atoms with E-state index in [1.807, 2.05) is 54.6 Å². The summed E-state index contributed by atoms with van der Waals surface area (Å²) in [6, 6.07) is 19.7. The standard InChI is InChI=1S/C21H15N3O2/c25-19(24-21-22-16-7-3-4-8-17(16)23-21)11-14-12-26-18-10-9-13-5-1-2-6-15(13)20(14)18/h1-10,12H,11H2,(H2,22,23,24,25). The Labute approximate surface area is 148 Å². The van der Waals surface area contributed by atoms with Crippen LogP contribution < -0.4 is 5.32 Å². The van der Waals surface area contributed by atoms with Crippen LogP contribution in [0, 0.1) is 0 Å². The summed E-state index contributed by atoms with van der Waals surface area (Å²) in [4.78, 5) is 20.0. The average molecular weight is 341 g/mol. The summed E-state index contributed by atoms with van der Waals surface area (Å²) < 4.78 is 5.65. The first-order valence-corrected chi connectivity index (χ1v) is 8.40. The molecular weight excluding hydrogens is 326 g/mol. The second-order valence-corrected chi connectivity index (χ2v) is 6.25. The summed E-state index contributed by atoms with van der Waals surface area (Å²) in [5.74, 6) is 0.313. The van der Waals surface area contributed by atoms with Crippen LogP contribution in [0.1, 0.15) is 5.56 Å². The number of para-hydroxylation sites is 2. The number of rotatable bonds is 3. The van der Waals surface area contributed by atoms with Crippen LogP contribution >= 0.6 is 0 Å². The van der Waals surface area contributed by atoms with E-state index in [0.29, 0.717) is 5.95 Å². The molecule has 0 radical (unpaired) electrons. The lowest BCUT2D eigenvalue weighted by atomic mass is 10.0. The second kappa shape index (κ2) is 5.74. The van der Waals surface area contributed by atoms with Crippen LogP contribution in [0.2, 0.25) is 0 Å². The fourth-order valence-electron chi connectivity index (χ4n) is 3.37. The number of carbonyl (C=O) groups is 1. The highest BCUT2D eigenvalue weighted by molar-refractivity contribution is 6.09. The molecule has 5 aromatic rings. The average Bonchev–Trinajstić information content (AvgIpc) is 3.25. The van der Waals surface area contributed by atoms with Crippen LogP contribution in [0.3, 0.4) is 0 Å².